The van der Waals surface area contributed by atoms with E-state index < -0.39 is 23.8 Å². The van der Waals surface area contributed by atoms with Crippen molar-refractivity contribution in [1.82, 2.24) is 4.90 Å². The van der Waals surface area contributed by atoms with Crippen molar-refractivity contribution in [3.05, 3.63) is 59.7 Å². The first kappa shape index (κ1) is 19.9. The molecule has 0 aromatic heterocycles. The lowest BCUT2D eigenvalue weighted by Crippen LogP contribution is -2.49. The molecule has 0 spiro atoms. The lowest BCUT2D eigenvalue weighted by Gasteiger charge is -2.27. The van der Waals surface area contributed by atoms with Crippen LogP contribution in [0.5, 0.6) is 0 Å². The molecule has 0 unspecified atom stereocenters. The Bertz CT molecular complexity index is 761. The molecule has 142 valence electrons. The van der Waals surface area contributed by atoms with Gasteiger partial charge in [-0.2, -0.15) is 0 Å². The largest absolute Gasteiger partial charge is 0.480 e. The molecule has 0 aliphatic rings. The van der Waals surface area contributed by atoms with E-state index in [1.807, 2.05) is 0 Å². The number of anilines is 2. The maximum absolute atomic E-state index is 13.0. The van der Waals surface area contributed by atoms with Crippen molar-refractivity contribution in [2.45, 2.75) is 18.9 Å². The summed E-state index contributed by atoms with van der Waals surface area (Å²) < 4.78 is 0. The van der Waals surface area contributed by atoms with E-state index in [0.717, 1.165) is 4.90 Å². The highest BCUT2D eigenvalue weighted by molar-refractivity contribution is 6.12. The van der Waals surface area contributed by atoms with Crippen LogP contribution in [0.2, 0.25) is 0 Å². The van der Waals surface area contributed by atoms with Crippen LogP contribution >= 0.6 is 0 Å². The predicted molar refractivity (Wildman–Crippen MR) is 102 cm³/mol. The molecule has 0 aliphatic carbocycles. The number of carboxylic acid groups (broad SMARTS) is 1. The predicted octanol–water partition coefficient (Wildman–Crippen LogP) is 1.33. The van der Waals surface area contributed by atoms with Crippen LogP contribution < -0.4 is 17.2 Å². The highest BCUT2D eigenvalue weighted by atomic mass is 16.4. The summed E-state index contributed by atoms with van der Waals surface area (Å²) in [4.78, 5) is 38.5. The second-order valence-electron chi connectivity index (χ2n) is 6.01. The lowest BCUT2D eigenvalue weighted by atomic mass is 10.0. The molecule has 27 heavy (non-hydrogen) atoms. The fourth-order valence-corrected chi connectivity index (χ4v) is 2.58. The van der Waals surface area contributed by atoms with Gasteiger partial charge in [-0.05, 0) is 67.9 Å². The molecule has 0 fully saturated rings. The van der Waals surface area contributed by atoms with Crippen LogP contribution in [0.15, 0.2) is 48.5 Å². The van der Waals surface area contributed by atoms with Gasteiger partial charge in [0.2, 0.25) is 0 Å². The standard InChI is InChI=1S/C19H22N4O4/c20-11-1-2-16(19(26)27)23(17(24)12-3-7-14(21)8-4-12)18(25)13-5-9-15(22)10-6-13/h3-10,16H,1-2,11,20-22H2,(H,26,27)/t16-/m0/s1. The summed E-state index contributed by atoms with van der Waals surface area (Å²) in [5.74, 6) is -2.72. The SMILES string of the molecule is NCCC[C@@H](C(=O)O)N(C(=O)c1ccc(N)cc1)C(=O)c1ccc(N)cc1. The van der Waals surface area contributed by atoms with Crippen LogP contribution in [0.3, 0.4) is 0 Å². The zero-order valence-electron chi connectivity index (χ0n) is 14.7. The average molecular weight is 370 g/mol. The molecule has 0 radical (unpaired) electrons. The van der Waals surface area contributed by atoms with E-state index in [9.17, 15) is 19.5 Å². The number of imide groups is 1. The minimum absolute atomic E-state index is 0.0489. The van der Waals surface area contributed by atoms with E-state index in [4.69, 9.17) is 17.2 Å². The van der Waals surface area contributed by atoms with Crippen molar-refractivity contribution >= 4 is 29.2 Å². The normalized spacial score (nSPS) is 11.6. The molecule has 0 bridgehead atoms. The van der Waals surface area contributed by atoms with Crippen molar-refractivity contribution in [1.29, 1.82) is 0 Å². The van der Waals surface area contributed by atoms with E-state index >= 15 is 0 Å². The molecule has 0 saturated carbocycles. The molecular formula is C19H22N4O4. The molecule has 7 N–H and O–H groups in total. The van der Waals surface area contributed by atoms with Gasteiger partial charge in [0.15, 0.2) is 0 Å². The first-order valence-corrected chi connectivity index (χ1v) is 8.37. The van der Waals surface area contributed by atoms with E-state index in [1.54, 1.807) is 0 Å². The maximum atomic E-state index is 13.0. The Morgan fingerprint density at radius 2 is 1.26 bits per heavy atom. The van der Waals surface area contributed by atoms with Gasteiger partial charge in [0.05, 0.1) is 0 Å². The number of carbonyl (C=O) groups is 3. The number of hydrogen-bond donors (Lipinski definition) is 4. The molecule has 1 atom stereocenters. The van der Waals surface area contributed by atoms with E-state index in [-0.39, 0.29) is 24.1 Å². The zero-order valence-corrected chi connectivity index (χ0v) is 14.7. The summed E-state index contributed by atoms with van der Waals surface area (Å²) in [6.45, 7) is 0.240. The number of hydrogen-bond acceptors (Lipinski definition) is 6. The van der Waals surface area contributed by atoms with Crippen molar-refractivity contribution in [3.63, 3.8) is 0 Å². The number of rotatable bonds is 7. The van der Waals surface area contributed by atoms with Gasteiger partial charge in [-0.1, -0.05) is 0 Å². The smallest absolute Gasteiger partial charge is 0.326 e. The number of carbonyl (C=O) groups excluding carboxylic acids is 2. The van der Waals surface area contributed by atoms with E-state index in [2.05, 4.69) is 0 Å². The first-order valence-electron chi connectivity index (χ1n) is 8.37. The molecule has 8 heteroatoms. The van der Waals surface area contributed by atoms with Gasteiger partial charge in [-0.3, -0.25) is 14.5 Å². The molecule has 2 aromatic carbocycles. The third-order valence-electron chi connectivity index (χ3n) is 4.03. The molecule has 2 rings (SSSR count). The van der Waals surface area contributed by atoms with Gasteiger partial charge >= 0.3 is 5.97 Å². The first-order chi connectivity index (χ1) is 12.8. The van der Waals surface area contributed by atoms with Gasteiger partial charge in [-0.25, -0.2) is 4.79 Å². The highest BCUT2D eigenvalue weighted by Crippen LogP contribution is 2.19. The number of nitrogens with two attached hydrogens (primary N) is 3. The summed E-state index contributed by atoms with van der Waals surface area (Å²) in [5, 5.41) is 9.62. The molecular weight excluding hydrogens is 348 g/mol. The third kappa shape index (κ3) is 4.83. The number of aliphatic carboxylic acids is 1. The Morgan fingerprint density at radius 1 is 0.852 bits per heavy atom. The van der Waals surface area contributed by atoms with Gasteiger partial charge in [0.25, 0.3) is 11.8 Å². The summed E-state index contributed by atoms with van der Waals surface area (Å²) >= 11 is 0. The summed E-state index contributed by atoms with van der Waals surface area (Å²) in [7, 11) is 0. The Labute approximate surface area is 156 Å². The minimum Gasteiger partial charge on any atom is -0.480 e. The van der Waals surface area contributed by atoms with Crippen LogP contribution in [0, 0.1) is 0 Å². The number of nitrogens with zero attached hydrogens (tertiary/aromatic N) is 1. The molecule has 8 nitrogen and oxygen atoms in total. The Morgan fingerprint density at radius 3 is 1.59 bits per heavy atom. The average Bonchev–Trinajstić information content (AvgIpc) is 2.65. The zero-order chi connectivity index (χ0) is 20.0. The van der Waals surface area contributed by atoms with Gasteiger partial charge in [-0.15, -0.1) is 0 Å². The maximum Gasteiger partial charge on any atom is 0.326 e. The van der Waals surface area contributed by atoms with Gasteiger partial charge in [0, 0.05) is 22.5 Å². The minimum atomic E-state index is -1.34. The summed E-state index contributed by atoms with van der Waals surface area (Å²) in [6.07, 6.45) is 0.394. The monoisotopic (exact) mass is 370 g/mol. The molecule has 0 saturated heterocycles. The fraction of sp³-hybridized carbons (Fsp3) is 0.211. The summed E-state index contributed by atoms with van der Waals surface area (Å²) in [6, 6.07) is 10.5. The van der Waals surface area contributed by atoms with Crippen molar-refractivity contribution in [2.24, 2.45) is 5.73 Å². The topological polar surface area (TPSA) is 153 Å². The van der Waals surface area contributed by atoms with Crippen LogP contribution in [-0.4, -0.2) is 40.4 Å². The van der Waals surface area contributed by atoms with Gasteiger partial charge in [0.1, 0.15) is 6.04 Å². The van der Waals surface area contributed by atoms with Crippen LogP contribution in [0.25, 0.3) is 0 Å². The fourth-order valence-electron chi connectivity index (χ4n) is 2.58. The van der Waals surface area contributed by atoms with Crippen molar-refractivity contribution in [2.75, 3.05) is 18.0 Å². The van der Waals surface area contributed by atoms with Crippen molar-refractivity contribution in [3.8, 4) is 0 Å². The second-order valence-corrected chi connectivity index (χ2v) is 6.01. The van der Waals surface area contributed by atoms with E-state index in [1.165, 1.54) is 48.5 Å². The van der Waals surface area contributed by atoms with E-state index in [0.29, 0.717) is 17.8 Å². The molecule has 0 aliphatic heterocycles. The number of nitrogen functional groups attached to an aromatic ring is 2. The Kier molecular flexibility index (Phi) is 6.51. The van der Waals surface area contributed by atoms with Crippen LogP contribution in [0.4, 0.5) is 11.4 Å². The Hall–Kier alpha value is -3.39. The molecule has 2 aromatic rings. The lowest BCUT2D eigenvalue weighted by molar-refractivity contribution is -0.141. The number of carboxylic acids is 1. The Balaban J connectivity index is 2.47. The molecule has 2 amide bonds. The van der Waals surface area contributed by atoms with Crippen LogP contribution in [0.1, 0.15) is 33.6 Å². The van der Waals surface area contributed by atoms with Crippen LogP contribution in [-0.2, 0) is 4.79 Å². The molecule has 0 heterocycles. The number of benzene rings is 2. The quantitative estimate of drug-likeness (QED) is 0.423. The summed E-state index contributed by atoms with van der Waals surface area (Å²) in [5.41, 5.74) is 17.9. The van der Waals surface area contributed by atoms with Crippen molar-refractivity contribution < 1.29 is 19.5 Å². The number of amides is 2. The third-order valence-corrected chi connectivity index (χ3v) is 4.03. The van der Waals surface area contributed by atoms with Gasteiger partial charge < -0.3 is 22.3 Å². The highest BCUT2D eigenvalue weighted by Gasteiger charge is 2.35. The second kappa shape index (κ2) is 8.81.